The molecule has 4 atom stereocenters. The average molecular weight is 532 g/mol. The van der Waals surface area contributed by atoms with E-state index in [2.05, 4.69) is 19.6 Å². The molecule has 0 bridgehead atoms. The predicted octanol–water partition coefficient (Wildman–Crippen LogP) is -8.26. The minimum Gasteiger partial charge on any atom is -0.544 e. The topological polar surface area (TPSA) is 359 Å². The summed E-state index contributed by atoms with van der Waals surface area (Å²) in [5.74, 6) is -17.9. The van der Waals surface area contributed by atoms with Crippen LogP contribution in [0.5, 0.6) is 0 Å². The van der Waals surface area contributed by atoms with Crippen LogP contribution in [0.25, 0.3) is 0 Å². The van der Waals surface area contributed by atoms with Crippen LogP contribution in [0.4, 0.5) is 0 Å². The molecule has 0 saturated carbocycles. The van der Waals surface area contributed by atoms with E-state index in [1.54, 1.807) is 0 Å². The predicted molar refractivity (Wildman–Crippen MR) is 77.4 cm³/mol. The Balaban J connectivity index is -0.000000105. The summed E-state index contributed by atoms with van der Waals surface area (Å²) in [7, 11) is 0. The number of carbonyl (C=O) groups excluding carboxylic acids is 4. The van der Waals surface area contributed by atoms with Crippen LogP contribution in [0.15, 0.2) is 0 Å². The number of carbonyl (C=O) groups is 4. The van der Waals surface area contributed by atoms with E-state index in [-0.39, 0.29) is 21.7 Å². The molecule has 8 N–H and O–H groups in total. The van der Waals surface area contributed by atoms with Crippen molar-refractivity contribution in [1.82, 2.24) is 0 Å². The molecule has 0 amide bonds. The third kappa shape index (κ3) is 20.5. The van der Waals surface area contributed by atoms with E-state index in [1.165, 1.54) is 0 Å². The van der Waals surface area contributed by atoms with Crippen LogP contribution < -0.4 is 20.4 Å². The first-order chi connectivity index (χ1) is 14.0. The number of aliphatic hydroxyl groups is 4. The number of carboxylic acid groups (broad SMARTS) is 4. The number of rotatable bonds is 8. The van der Waals surface area contributed by atoms with Crippen molar-refractivity contribution in [3.63, 3.8) is 0 Å². The van der Waals surface area contributed by atoms with Gasteiger partial charge in [-0.05, 0) is 27.7 Å². The van der Waals surface area contributed by atoms with Crippen molar-refractivity contribution < 1.29 is 122 Å². The molecule has 0 aliphatic heterocycles. The van der Waals surface area contributed by atoms with E-state index < -0.39 is 47.0 Å². The summed E-state index contributed by atoms with van der Waals surface area (Å²) in [4.78, 5) is 50.8. The second-order valence-corrected chi connectivity index (χ2v) is 5.45. The molecule has 33 heavy (non-hydrogen) atoms. The van der Waals surface area contributed by atoms with Gasteiger partial charge in [0, 0.05) is 0 Å². The van der Waals surface area contributed by atoms with Crippen LogP contribution in [0.3, 0.4) is 0 Å². The second-order valence-electron chi connectivity index (χ2n) is 5.45. The zero-order chi connectivity index (χ0) is 27.1. The fourth-order valence-corrected chi connectivity index (χ4v) is 0.149. The Morgan fingerprint density at radius 2 is 0.576 bits per heavy atom. The normalized spacial score (nSPS) is 16.8. The number of aliphatic carboxylic acids is 4. The van der Waals surface area contributed by atoms with E-state index in [9.17, 15) is 39.6 Å². The van der Waals surface area contributed by atoms with Crippen molar-refractivity contribution in [1.29, 1.82) is 0 Å². The molecule has 0 aromatic carbocycles. The summed E-state index contributed by atoms with van der Waals surface area (Å²) in [5, 5.41) is 102. The van der Waals surface area contributed by atoms with Gasteiger partial charge in [0.25, 0.3) is 0 Å². The largest absolute Gasteiger partial charge is 4.00 e. The average Bonchev–Trinajstić information content (AvgIpc) is 2.68. The fourth-order valence-electron chi connectivity index (χ4n) is 0.149. The van der Waals surface area contributed by atoms with E-state index in [1.807, 2.05) is 0 Å². The zero-order valence-corrected chi connectivity index (χ0v) is 18.5. The Bertz CT molecular complexity index is 494. The SMILES string of the molecule is CC(O)(OO)C(=O)[O-].CC(O)(OO)C(=O)[O-].CC(O)(OO)C(=O)[O-].CC(O)(OO)C(=O)[O-].[Ti+4]. The van der Waals surface area contributed by atoms with Crippen LogP contribution in [-0.4, -0.2) is 88.5 Å². The van der Waals surface area contributed by atoms with Crippen molar-refractivity contribution in [3.05, 3.63) is 0 Å². The maximum atomic E-state index is 9.61. The molecule has 21 heteroatoms. The molecule has 0 fully saturated rings. The van der Waals surface area contributed by atoms with Gasteiger partial charge < -0.3 is 60.0 Å². The van der Waals surface area contributed by atoms with Crippen molar-refractivity contribution >= 4 is 23.9 Å². The molecule has 0 spiro atoms. The van der Waals surface area contributed by atoms with Crippen LogP contribution in [-0.2, 0) is 60.4 Å². The summed E-state index contributed by atoms with van der Waals surface area (Å²) in [6, 6.07) is 0. The second kappa shape index (κ2) is 17.6. The maximum absolute atomic E-state index is 9.61. The molecule has 20 nitrogen and oxygen atoms in total. The summed E-state index contributed by atoms with van der Waals surface area (Å²) < 4.78 is 0. The molecule has 4 unspecified atom stereocenters. The van der Waals surface area contributed by atoms with Crippen LogP contribution in [0, 0.1) is 0 Å². The van der Waals surface area contributed by atoms with E-state index in [4.69, 9.17) is 41.5 Å². The molecule has 0 rings (SSSR count). The summed E-state index contributed by atoms with van der Waals surface area (Å²) in [5.41, 5.74) is 0. The van der Waals surface area contributed by atoms with E-state index in [0.717, 1.165) is 27.7 Å². The molecule has 0 aliphatic carbocycles. The zero-order valence-electron chi connectivity index (χ0n) is 17.0. The van der Waals surface area contributed by atoms with Crippen molar-refractivity contribution in [2.24, 2.45) is 0 Å². The van der Waals surface area contributed by atoms with Gasteiger partial charge in [0.15, 0.2) is 0 Å². The first-order valence-electron chi connectivity index (χ1n) is 7.07. The number of hydrogen-bond acceptors (Lipinski definition) is 20. The molecule has 0 aromatic heterocycles. The molecule has 0 aromatic rings. The third-order valence-electron chi connectivity index (χ3n) is 2.23. The Kier molecular flexibility index (Phi) is 22.0. The first kappa shape index (κ1) is 41.4. The van der Waals surface area contributed by atoms with Gasteiger partial charge in [-0.2, -0.15) is 19.6 Å². The van der Waals surface area contributed by atoms with Gasteiger partial charge in [-0.3, -0.25) is 0 Å². The van der Waals surface area contributed by atoms with Crippen molar-refractivity contribution in [2.45, 2.75) is 50.8 Å². The van der Waals surface area contributed by atoms with E-state index >= 15 is 0 Å². The van der Waals surface area contributed by atoms with Crippen molar-refractivity contribution in [2.75, 3.05) is 0 Å². The van der Waals surface area contributed by atoms with Crippen LogP contribution >= 0.6 is 0 Å². The summed E-state index contributed by atoms with van der Waals surface area (Å²) in [6.07, 6.45) is 0. The fraction of sp³-hybridized carbons (Fsp3) is 0.667. The smallest absolute Gasteiger partial charge is 0.544 e. The molecular formula is C12H20O20Ti. The first-order valence-corrected chi connectivity index (χ1v) is 7.07. The van der Waals surface area contributed by atoms with Gasteiger partial charge in [0.1, 0.15) is 23.9 Å². The van der Waals surface area contributed by atoms with Gasteiger partial charge in [0.2, 0.25) is 23.1 Å². The van der Waals surface area contributed by atoms with Gasteiger partial charge >= 0.3 is 21.7 Å². The van der Waals surface area contributed by atoms with E-state index in [0.29, 0.717) is 0 Å². The third-order valence-corrected chi connectivity index (χ3v) is 2.23. The number of hydrogen-bond donors (Lipinski definition) is 8. The molecule has 0 radical (unpaired) electrons. The Hall–Kier alpha value is -1.89. The molecule has 0 aliphatic rings. The monoisotopic (exact) mass is 532 g/mol. The number of carboxylic acids is 4. The van der Waals surface area contributed by atoms with Crippen molar-refractivity contribution in [3.8, 4) is 0 Å². The van der Waals surface area contributed by atoms with Gasteiger partial charge in [-0.15, -0.1) is 0 Å². The minimum atomic E-state index is -2.60. The van der Waals surface area contributed by atoms with Crippen LogP contribution in [0.1, 0.15) is 27.7 Å². The Morgan fingerprint density at radius 1 is 0.485 bits per heavy atom. The van der Waals surface area contributed by atoms with Gasteiger partial charge in [-0.1, -0.05) is 0 Å². The van der Waals surface area contributed by atoms with Gasteiger partial charge in [0.05, 0.1) is 0 Å². The van der Waals surface area contributed by atoms with Crippen LogP contribution in [0.2, 0.25) is 0 Å². The molecule has 192 valence electrons. The Labute approximate surface area is 197 Å². The standard InChI is InChI=1S/4C3H6O5.Ti/c4*1-3(6,8-7)2(4)5;/h4*6-7H,1H3,(H,4,5);/q;;;;+4/p-4. The summed E-state index contributed by atoms with van der Waals surface area (Å²) >= 11 is 0. The molecule has 0 heterocycles. The summed E-state index contributed by atoms with van der Waals surface area (Å²) in [6.45, 7) is 2.95. The van der Waals surface area contributed by atoms with Gasteiger partial charge in [-0.25, -0.2) is 21.0 Å². The molecule has 0 saturated heterocycles. The molecular weight excluding hydrogens is 512 g/mol. The Morgan fingerprint density at radius 3 is 0.576 bits per heavy atom. The minimum absolute atomic E-state index is 0. The quantitative estimate of drug-likeness (QED) is 0.0622. The maximum Gasteiger partial charge on any atom is 4.00 e.